The molecule has 1 aliphatic rings. The van der Waals surface area contributed by atoms with Crippen molar-refractivity contribution in [3.05, 3.63) is 58.4 Å². The molecule has 0 unspecified atom stereocenters. The van der Waals surface area contributed by atoms with Crippen molar-refractivity contribution in [2.45, 2.75) is 24.8 Å². The summed E-state index contributed by atoms with van der Waals surface area (Å²) in [6, 6.07) is 11.2. The number of para-hydroxylation sites is 2. The van der Waals surface area contributed by atoms with E-state index in [1.165, 1.54) is 16.4 Å². The summed E-state index contributed by atoms with van der Waals surface area (Å²) >= 11 is 0. The number of H-pyrrole nitrogens is 1. The van der Waals surface area contributed by atoms with E-state index in [9.17, 15) is 18.5 Å². The first-order valence-electron chi connectivity index (χ1n) is 10.3. The van der Waals surface area contributed by atoms with Crippen LogP contribution in [0.25, 0.3) is 11.0 Å². The first kappa shape index (κ1) is 22.2. The molecule has 1 aromatic heterocycles. The highest BCUT2D eigenvalue weighted by Gasteiger charge is 2.30. The summed E-state index contributed by atoms with van der Waals surface area (Å²) in [4.78, 5) is 19.0. The molecule has 1 atom stereocenters. The van der Waals surface area contributed by atoms with E-state index in [2.05, 4.69) is 15.3 Å². The number of hydrogen-bond donors (Lipinski definition) is 2. The molecule has 0 saturated carbocycles. The summed E-state index contributed by atoms with van der Waals surface area (Å²) in [5.41, 5.74) is 1.60. The smallest absolute Gasteiger partial charge is 0.293 e. The van der Waals surface area contributed by atoms with E-state index in [1.807, 2.05) is 38.1 Å². The standard InChI is InChI=1S/C21H25N5O5S/c1-14(2)20(21-23-16-5-3-4-6-17(16)24-21)22-18-8-7-15(13-19(18)26(27)28)32(29,30)25-9-11-31-12-10-25/h3-8,13-14,20,22H,9-12H2,1-2H3,(H,23,24)/t20-/m1/s1. The number of benzene rings is 2. The molecule has 2 heterocycles. The zero-order valence-electron chi connectivity index (χ0n) is 17.8. The van der Waals surface area contributed by atoms with Crippen LogP contribution in [0.5, 0.6) is 0 Å². The lowest BCUT2D eigenvalue weighted by Crippen LogP contribution is -2.40. The van der Waals surface area contributed by atoms with Gasteiger partial charge in [-0.15, -0.1) is 0 Å². The Bertz CT molecular complexity index is 1200. The van der Waals surface area contributed by atoms with Crippen LogP contribution >= 0.6 is 0 Å². The predicted molar refractivity (Wildman–Crippen MR) is 120 cm³/mol. The molecule has 11 heteroatoms. The van der Waals surface area contributed by atoms with Crippen molar-refractivity contribution >= 4 is 32.4 Å². The zero-order valence-corrected chi connectivity index (χ0v) is 18.6. The van der Waals surface area contributed by atoms with E-state index in [-0.39, 0.29) is 41.3 Å². The minimum atomic E-state index is -3.85. The van der Waals surface area contributed by atoms with Crippen LogP contribution < -0.4 is 5.32 Å². The van der Waals surface area contributed by atoms with Crippen molar-refractivity contribution in [2.75, 3.05) is 31.6 Å². The molecule has 0 radical (unpaired) electrons. The monoisotopic (exact) mass is 459 g/mol. The van der Waals surface area contributed by atoms with Gasteiger partial charge in [0.15, 0.2) is 0 Å². The number of aromatic nitrogens is 2. The molecule has 0 aliphatic carbocycles. The van der Waals surface area contributed by atoms with Gasteiger partial charge in [-0.25, -0.2) is 13.4 Å². The van der Waals surface area contributed by atoms with Crippen LogP contribution in [0.4, 0.5) is 11.4 Å². The second-order valence-corrected chi connectivity index (χ2v) is 9.90. The summed E-state index contributed by atoms with van der Waals surface area (Å²) < 4.78 is 32.4. The maximum absolute atomic E-state index is 12.9. The summed E-state index contributed by atoms with van der Waals surface area (Å²) in [5, 5.41) is 15.0. The van der Waals surface area contributed by atoms with Gasteiger partial charge < -0.3 is 15.0 Å². The third-order valence-corrected chi connectivity index (χ3v) is 7.35. The van der Waals surface area contributed by atoms with Crippen molar-refractivity contribution in [3.63, 3.8) is 0 Å². The van der Waals surface area contributed by atoms with E-state index in [0.29, 0.717) is 19.0 Å². The number of aromatic amines is 1. The quantitative estimate of drug-likeness (QED) is 0.409. The Morgan fingerprint density at radius 3 is 2.56 bits per heavy atom. The van der Waals surface area contributed by atoms with Gasteiger partial charge in [-0.2, -0.15) is 4.31 Å². The maximum atomic E-state index is 12.9. The second kappa shape index (κ2) is 8.85. The SMILES string of the molecule is CC(C)[C@@H](Nc1ccc(S(=O)(=O)N2CCOCC2)cc1[N+](=O)[O-])c1nc2ccccc2[nH]1. The highest BCUT2D eigenvalue weighted by Crippen LogP contribution is 2.34. The first-order valence-corrected chi connectivity index (χ1v) is 11.8. The van der Waals surface area contributed by atoms with Gasteiger partial charge in [-0.05, 0) is 30.2 Å². The van der Waals surface area contributed by atoms with Crippen LogP contribution in [0.3, 0.4) is 0 Å². The third kappa shape index (κ3) is 4.31. The number of sulfonamides is 1. The summed E-state index contributed by atoms with van der Waals surface area (Å²) in [6.45, 7) is 5.00. The molecule has 0 amide bonds. The highest BCUT2D eigenvalue weighted by atomic mass is 32.2. The molecule has 0 bridgehead atoms. The van der Waals surface area contributed by atoms with E-state index in [4.69, 9.17) is 4.74 Å². The molecule has 170 valence electrons. The van der Waals surface area contributed by atoms with Gasteiger partial charge in [0.1, 0.15) is 11.5 Å². The van der Waals surface area contributed by atoms with Crippen LogP contribution in [0, 0.1) is 16.0 Å². The van der Waals surface area contributed by atoms with Crippen LogP contribution in [0.2, 0.25) is 0 Å². The molecule has 10 nitrogen and oxygen atoms in total. The number of morpholine rings is 1. The molecule has 2 N–H and O–H groups in total. The Labute approximate surface area is 185 Å². The molecule has 1 fully saturated rings. The minimum absolute atomic E-state index is 0.0481. The number of nitro groups is 1. The molecule has 3 aromatic rings. The van der Waals surface area contributed by atoms with Crippen molar-refractivity contribution in [1.29, 1.82) is 0 Å². The third-order valence-electron chi connectivity index (χ3n) is 5.45. The summed E-state index contributed by atoms with van der Waals surface area (Å²) in [7, 11) is -3.85. The maximum Gasteiger partial charge on any atom is 0.293 e. The Morgan fingerprint density at radius 2 is 1.91 bits per heavy atom. The van der Waals surface area contributed by atoms with Gasteiger partial charge >= 0.3 is 0 Å². The average molecular weight is 460 g/mol. The Morgan fingerprint density at radius 1 is 1.19 bits per heavy atom. The number of nitrogens with zero attached hydrogens (tertiary/aromatic N) is 3. The van der Waals surface area contributed by atoms with Crippen LogP contribution in [0.1, 0.15) is 25.7 Å². The van der Waals surface area contributed by atoms with Crippen LogP contribution in [0.15, 0.2) is 47.4 Å². The number of anilines is 1. The fraction of sp³-hybridized carbons (Fsp3) is 0.381. The zero-order chi connectivity index (χ0) is 22.9. The predicted octanol–water partition coefficient (Wildman–Crippen LogP) is 3.30. The molecule has 4 rings (SSSR count). The normalized spacial score (nSPS) is 16.3. The Hall–Kier alpha value is -3.02. The fourth-order valence-corrected chi connectivity index (χ4v) is 5.15. The van der Waals surface area contributed by atoms with Crippen LogP contribution in [-0.2, 0) is 14.8 Å². The fourth-order valence-electron chi connectivity index (χ4n) is 3.72. The number of hydrogen-bond acceptors (Lipinski definition) is 7. The van der Waals surface area contributed by atoms with Crippen molar-refractivity contribution in [2.24, 2.45) is 5.92 Å². The summed E-state index contributed by atoms with van der Waals surface area (Å²) in [6.07, 6.45) is 0. The highest BCUT2D eigenvalue weighted by molar-refractivity contribution is 7.89. The van der Waals surface area contributed by atoms with Crippen molar-refractivity contribution in [1.82, 2.24) is 14.3 Å². The topological polar surface area (TPSA) is 130 Å². The number of rotatable bonds is 7. The van der Waals surface area contributed by atoms with Gasteiger partial charge in [-0.3, -0.25) is 10.1 Å². The largest absolute Gasteiger partial charge is 0.379 e. The lowest BCUT2D eigenvalue weighted by atomic mass is 10.0. The van der Waals surface area contributed by atoms with Gasteiger partial charge in [0.2, 0.25) is 10.0 Å². The molecule has 1 aliphatic heterocycles. The number of nitrogens with one attached hydrogen (secondary N) is 2. The molecule has 1 saturated heterocycles. The van der Waals surface area contributed by atoms with E-state index >= 15 is 0 Å². The van der Waals surface area contributed by atoms with Gasteiger partial charge in [0.05, 0.1) is 40.1 Å². The summed E-state index contributed by atoms with van der Waals surface area (Å²) in [5.74, 6) is 0.701. The molecule has 32 heavy (non-hydrogen) atoms. The van der Waals surface area contributed by atoms with E-state index in [1.54, 1.807) is 0 Å². The minimum Gasteiger partial charge on any atom is -0.379 e. The number of nitro benzene ring substituents is 1. The van der Waals surface area contributed by atoms with E-state index < -0.39 is 14.9 Å². The van der Waals surface area contributed by atoms with Gasteiger partial charge in [-0.1, -0.05) is 26.0 Å². The molecular weight excluding hydrogens is 434 g/mol. The molecule has 0 spiro atoms. The number of imidazole rings is 1. The van der Waals surface area contributed by atoms with Gasteiger partial charge in [0.25, 0.3) is 5.69 Å². The Kier molecular flexibility index (Phi) is 6.13. The number of ether oxygens (including phenoxy) is 1. The second-order valence-electron chi connectivity index (χ2n) is 7.96. The molecule has 2 aromatic carbocycles. The first-order chi connectivity index (χ1) is 15.3. The average Bonchev–Trinajstić information content (AvgIpc) is 3.21. The van der Waals surface area contributed by atoms with Crippen molar-refractivity contribution in [3.8, 4) is 0 Å². The van der Waals surface area contributed by atoms with Gasteiger partial charge in [0, 0.05) is 19.2 Å². The Balaban J connectivity index is 1.68. The van der Waals surface area contributed by atoms with E-state index in [0.717, 1.165) is 17.1 Å². The molecular formula is C21H25N5O5S. The number of fused-ring (bicyclic) bond motifs is 1. The lowest BCUT2D eigenvalue weighted by molar-refractivity contribution is -0.384. The van der Waals surface area contributed by atoms with Crippen LogP contribution in [-0.4, -0.2) is 53.9 Å². The lowest BCUT2D eigenvalue weighted by Gasteiger charge is -2.26. The van der Waals surface area contributed by atoms with Crippen molar-refractivity contribution < 1.29 is 18.1 Å².